The molecule has 1 aliphatic heterocycles. The maximum atomic E-state index is 13.2. The van der Waals surface area contributed by atoms with Crippen molar-refractivity contribution in [2.75, 3.05) is 13.1 Å². The predicted molar refractivity (Wildman–Crippen MR) is 76.5 cm³/mol. The molecule has 0 aromatic carbocycles. The van der Waals surface area contributed by atoms with Crippen LogP contribution in [-0.4, -0.2) is 37.0 Å². The molecule has 3 rings (SSSR count). The Morgan fingerprint density at radius 2 is 2.00 bits per heavy atom. The maximum Gasteiger partial charge on any atom is 0.315 e. The molecular weight excluding hydrogens is 292 g/mol. The van der Waals surface area contributed by atoms with E-state index in [1.807, 2.05) is 0 Å². The van der Waals surface area contributed by atoms with Crippen LogP contribution in [0, 0.1) is 11.3 Å². The Balaban J connectivity index is 1.39. The van der Waals surface area contributed by atoms with E-state index in [1.165, 1.54) is 0 Å². The molecule has 124 valence electrons. The van der Waals surface area contributed by atoms with Crippen molar-refractivity contribution in [1.82, 2.24) is 16.0 Å². The lowest BCUT2D eigenvalue weighted by Gasteiger charge is -2.29. The first-order chi connectivity index (χ1) is 10.4. The molecule has 3 aliphatic rings. The Labute approximate surface area is 128 Å². The molecule has 0 radical (unpaired) electrons. The smallest absolute Gasteiger partial charge is 0.315 e. The normalized spacial score (nSPS) is 32.2. The fraction of sp³-hybridized carbons (Fsp3) is 0.867. The van der Waals surface area contributed by atoms with Crippen molar-refractivity contribution in [1.29, 1.82) is 0 Å². The second-order valence-corrected chi connectivity index (χ2v) is 6.96. The molecule has 3 amide bonds. The van der Waals surface area contributed by atoms with Crippen LogP contribution in [0.2, 0.25) is 0 Å². The largest absolute Gasteiger partial charge is 0.356 e. The van der Waals surface area contributed by atoms with Crippen molar-refractivity contribution >= 4 is 11.9 Å². The fourth-order valence-corrected chi connectivity index (χ4v) is 3.67. The number of alkyl halides is 2. The number of hydrogen-bond donors (Lipinski definition) is 3. The lowest BCUT2D eigenvalue weighted by Crippen LogP contribution is -2.46. The standard InChI is InChI=1S/C15H23F2N3O2/c16-15(17)5-3-14(4-6-15)8-11(14)20-13(22)19-9-10-2-1-7-18-12(10)21/h10-11H,1-9H2,(H,18,21)(H2,19,20,22). The van der Waals surface area contributed by atoms with Gasteiger partial charge < -0.3 is 16.0 Å². The van der Waals surface area contributed by atoms with E-state index in [1.54, 1.807) is 0 Å². The van der Waals surface area contributed by atoms with Gasteiger partial charge in [0.05, 0.1) is 5.92 Å². The van der Waals surface area contributed by atoms with E-state index in [9.17, 15) is 18.4 Å². The van der Waals surface area contributed by atoms with Gasteiger partial charge in [0, 0.05) is 32.0 Å². The maximum absolute atomic E-state index is 13.2. The summed E-state index contributed by atoms with van der Waals surface area (Å²) in [4.78, 5) is 23.5. The Hall–Kier alpha value is -1.40. The molecule has 2 unspecified atom stereocenters. The highest BCUT2D eigenvalue weighted by molar-refractivity contribution is 5.81. The van der Waals surface area contributed by atoms with Gasteiger partial charge in [-0.1, -0.05) is 0 Å². The van der Waals surface area contributed by atoms with Crippen LogP contribution in [0.5, 0.6) is 0 Å². The molecule has 3 fully saturated rings. The van der Waals surface area contributed by atoms with Crippen LogP contribution in [0.15, 0.2) is 0 Å². The molecule has 1 saturated heterocycles. The summed E-state index contributed by atoms with van der Waals surface area (Å²) in [5.74, 6) is -2.71. The third kappa shape index (κ3) is 3.33. The minimum Gasteiger partial charge on any atom is -0.356 e. The third-order valence-electron chi connectivity index (χ3n) is 5.38. The van der Waals surface area contributed by atoms with Gasteiger partial charge in [-0.3, -0.25) is 4.79 Å². The molecule has 0 aromatic heterocycles. The first-order valence-electron chi connectivity index (χ1n) is 8.10. The second-order valence-electron chi connectivity index (χ2n) is 6.96. The minimum absolute atomic E-state index is 0.00350. The molecule has 2 atom stereocenters. The summed E-state index contributed by atoms with van der Waals surface area (Å²) in [6.07, 6.45) is 3.32. The van der Waals surface area contributed by atoms with Crippen LogP contribution in [0.3, 0.4) is 0 Å². The van der Waals surface area contributed by atoms with E-state index in [0.717, 1.165) is 19.3 Å². The zero-order valence-corrected chi connectivity index (χ0v) is 12.6. The van der Waals surface area contributed by atoms with E-state index >= 15 is 0 Å². The summed E-state index contributed by atoms with van der Waals surface area (Å²) in [6.45, 7) is 1.03. The fourth-order valence-electron chi connectivity index (χ4n) is 3.67. The first kappa shape index (κ1) is 15.5. The van der Waals surface area contributed by atoms with Crippen LogP contribution >= 0.6 is 0 Å². The van der Waals surface area contributed by atoms with E-state index < -0.39 is 5.92 Å². The van der Waals surface area contributed by atoms with E-state index in [2.05, 4.69) is 16.0 Å². The zero-order chi connectivity index (χ0) is 15.8. The highest BCUT2D eigenvalue weighted by atomic mass is 19.3. The van der Waals surface area contributed by atoms with Crippen molar-refractivity contribution in [2.45, 2.75) is 56.9 Å². The number of hydrogen-bond acceptors (Lipinski definition) is 2. The molecule has 5 nitrogen and oxygen atoms in total. The molecule has 3 N–H and O–H groups in total. The number of rotatable bonds is 3. The average Bonchev–Trinajstić information content (AvgIpc) is 3.14. The number of urea groups is 1. The third-order valence-corrected chi connectivity index (χ3v) is 5.38. The lowest BCUT2D eigenvalue weighted by molar-refractivity contribution is -0.126. The predicted octanol–water partition coefficient (Wildman–Crippen LogP) is 1.78. The lowest BCUT2D eigenvalue weighted by atomic mass is 9.83. The van der Waals surface area contributed by atoms with Gasteiger partial charge in [0.2, 0.25) is 11.8 Å². The number of carbonyl (C=O) groups is 2. The van der Waals surface area contributed by atoms with Gasteiger partial charge in [-0.2, -0.15) is 0 Å². The van der Waals surface area contributed by atoms with Crippen molar-refractivity contribution in [3.8, 4) is 0 Å². The van der Waals surface area contributed by atoms with Crippen LogP contribution in [0.25, 0.3) is 0 Å². The monoisotopic (exact) mass is 315 g/mol. The Kier molecular flexibility index (Phi) is 3.99. The highest BCUT2D eigenvalue weighted by Crippen LogP contribution is 2.58. The molecule has 2 saturated carbocycles. The second kappa shape index (κ2) is 5.66. The number of nitrogens with one attached hydrogen (secondary N) is 3. The van der Waals surface area contributed by atoms with Gasteiger partial charge in [-0.15, -0.1) is 0 Å². The summed E-state index contributed by atoms with van der Waals surface area (Å²) in [5.41, 5.74) is -0.110. The Morgan fingerprint density at radius 1 is 1.27 bits per heavy atom. The molecule has 0 bridgehead atoms. The van der Waals surface area contributed by atoms with Crippen LogP contribution in [-0.2, 0) is 4.79 Å². The zero-order valence-electron chi connectivity index (χ0n) is 12.6. The summed E-state index contributed by atoms with van der Waals surface area (Å²) < 4.78 is 26.4. The summed E-state index contributed by atoms with van der Waals surface area (Å²) >= 11 is 0. The molecule has 1 heterocycles. The van der Waals surface area contributed by atoms with Gasteiger partial charge in [0.15, 0.2) is 0 Å². The van der Waals surface area contributed by atoms with E-state index in [-0.39, 0.29) is 42.2 Å². The Morgan fingerprint density at radius 3 is 2.68 bits per heavy atom. The number of carbonyl (C=O) groups excluding carboxylic acids is 2. The van der Waals surface area contributed by atoms with Gasteiger partial charge >= 0.3 is 6.03 Å². The van der Waals surface area contributed by atoms with Gasteiger partial charge in [-0.25, -0.2) is 13.6 Å². The quantitative estimate of drug-likeness (QED) is 0.743. The van der Waals surface area contributed by atoms with E-state index in [0.29, 0.717) is 25.9 Å². The molecule has 2 aliphatic carbocycles. The van der Waals surface area contributed by atoms with Crippen LogP contribution in [0.4, 0.5) is 13.6 Å². The molecule has 7 heteroatoms. The first-order valence-corrected chi connectivity index (χ1v) is 8.10. The number of halogens is 2. The van der Waals surface area contributed by atoms with Crippen molar-refractivity contribution in [2.24, 2.45) is 11.3 Å². The molecule has 22 heavy (non-hydrogen) atoms. The average molecular weight is 315 g/mol. The van der Waals surface area contributed by atoms with Gasteiger partial charge in [-0.05, 0) is 37.5 Å². The summed E-state index contributed by atoms with van der Waals surface area (Å²) in [6, 6.07) is -0.290. The molecular formula is C15H23F2N3O2. The Bertz CT molecular complexity index is 460. The molecule has 0 aromatic rings. The van der Waals surface area contributed by atoms with Crippen LogP contribution < -0.4 is 16.0 Å². The summed E-state index contributed by atoms with van der Waals surface area (Å²) in [7, 11) is 0. The van der Waals surface area contributed by atoms with E-state index in [4.69, 9.17) is 0 Å². The number of piperidine rings is 1. The van der Waals surface area contributed by atoms with Crippen molar-refractivity contribution in [3.63, 3.8) is 0 Å². The number of amides is 3. The van der Waals surface area contributed by atoms with Crippen molar-refractivity contribution in [3.05, 3.63) is 0 Å². The topological polar surface area (TPSA) is 70.2 Å². The van der Waals surface area contributed by atoms with Crippen molar-refractivity contribution < 1.29 is 18.4 Å². The van der Waals surface area contributed by atoms with Crippen LogP contribution in [0.1, 0.15) is 44.9 Å². The minimum atomic E-state index is -2.53. The van der Waals surface area contributed by atoms with Gasteiger partial charge in [0.25, 0.3) is 0 Å². The summed E-state index contributed by atoms with van der Waals surface area (Å²) in [5, 5.41) is 8.38. The van der Waals surface area contributed by atoms with Gasteiger partial charge in [0.1, 0.15) is 0 Å². The molecule has 1 spiro atoms. The SMILES string of the molecule is O=C(NCC1CCCNC1=O)NC1CC12CCC(F)(F)CC2. The highest BCUT2D eigenvalue weighted by Gasteiger charge is 2.58.